The van der Waals surface area contributed by atoms with E-state index in [1.54, 1.807) is 0 Å². The van der Waals surface area contributed by atoms with Crippen LogP contribution in [0.2, 0.25) is 0 Å². The summed E-state index contributed by atoms with van der Waals surface area (Å²) in [6, 6.07) is 0. The molecule has 98 valence electrons. The molecule has 2 aromatic rings. The molecule has 20 heavy (non-hydrogen) atoms. The van der Waals surface area contributed by atoms with Gasteiger partial charge in [-0.25, -0.2) is 9.59 Å². The number of aromatic nitrogens is 4. The molecule has 0 aliphatic heterocycles. The Balaban J connectivity index is 2.30. The van der Waals surface area contributed by atoms with Crippen molar-refractivity contribution in [3.63, 3.8) is 0 Å². The molecule has 2 rings (SSSR count). The Kier molecular flexibility index (Phi) is 3.50. The zero-order valence-corrected chi connectivity index (χ0v) is 9.79. The van der Waals surface area contributed by atoms with Crippen LogP contribution in [0.3, 0.4) is 0 Å². The van der Waals surface area contributed by atoms with Crippen LogP contribution in [0.1, 0.15) is 11.1 Å². The molecular formula is C12H6N4O4. The van der Waals surface area contributed by atoms with Gasteiger partial charge in [0.25, 0.3) is 11.1 Å². The maximum Gasteiger partial charge on any atom is 0.325 e. The van der Waals surface area contributed by atoms with Gasteiger partial charge in [0, 0.05) is 12.4 Å². The Morgan fingerprint density at radius 3 is 1.45 bits per heavy atom. The van der Waals surface area contributed by atoms with Crippen molar-refractivity contribution in [1.29, 1.82) is 0 Å². The van der Waals surface area contributed by atoms with Crippen molar-refractivity contribution in [2.24, 2.45) is 0 Å². The van der Waals surface area contributed by atoms with Crippen molar-refractivity contribution >= 4 is 0 Å². The summed E-state index contributed by atoms with van der Waals surface area (Å²) in [5, 5.41) is 0. The summed E-state index contributed by atoms with van der Waals surface area (Å²) < 4.78 is 0. The van der Waals surface area contributed by atoms with Crippen molar-refractivity contribution in [2.45, 2.75) is 0 Å². The average molecular weight is 270 g/mol. The standard InChI is InChI=1S/C12H6N4O4/c17-9-7(5-13-11(19)15-9)3-1-2-4-8-6-14-12(20)16-10(8)18/h5-6H,(H2,13,15,17,19)(H2,14,16,18,20). The first-order valence-corrected chi connectivity index (χ1v) is 5.22. The van der Waals surface area contributed by atoms with Crippen molar-refractivity contribution in [3.8, 4) is 23.7 Å². The highest BCUT2D eigenvalue weighted by Gasteiger charge is 1.95. The molecule has 0 aliphatic carbocycles. The van der Waals surface area contributed by atoms with E-state index in [0.717, 1.165) is 12.4 Å². The Morgan fingerprint density at radius 2 is 1.10 bits per heavy atom. The molecule has 0 aliphatic rings. The number of H-pyrrole nitrogens is 4. The van der Waals surface area contributed by atoms with Crippen molar-refractivity contribution in [2.75, 3.05) is 0 Å². The fourth-order valence-corrected chi connectivity index (χ4v) is 1.20. The van der Waals surface area contributed by atoms with Gasteiger partial charge in [-0.15, -0.1) is 0 Å². The molecule has 8 nitrogen and oxygen atoms in total. The molecule has 2 aromatic heterocycles. The van der Waals surface area contributed by atoms with Gasteiger partial charge in [0.1, 0.15) is 11.1 Å². The fourth-order valence-electron chi connectivity index (χ4n) is 1.20. The second-order valence-electron chi connectivity index (χ2n) is 3.47. The van der Waals surface area contributed by atoms with Crippen molar-refractivity contribution in [3.05, 3.63) is 65.2 Å². The maximum absolute atomic E-state index is 11.3. The average Bonchev–Trinajstić information content (AvgIpc) is 2.39. The third kappa shape index (κ3) is 3.03. The molecule has 0 spiro atoms. The third-order valence-corrected chi connectivity index (χ3v) is 2.10. The highest BCUT2D eigenvalue weighted by molar-refractivity contribution is 5.41. The van der Waals surface area contributed by atoms with E-state index in [9.17, 15) is 19.2 Å². The molecule has 0 radical (unpaired) electrons. The predicted molar refractivity (Wildman–Crippen MR) is 69.1 cm³/mol. The monoisotopic (exact) mass is 270 g/mol. The Labute approximate surface area is 109 Å². The van der Waals surface area contributed by atoms with Gasteiger partial charge in [-0.1, -0.05) is 0 Å². The lowest BCUT2D eigenvalue weighted by molar-refractivity contribution is 1.03. The minimum atomic E-state index is -0.634. The minimum Gasteiger partial charge on any atom is -0.313 e. The van der Waals surface area contributed by atoms with E-state index in [-0.39, 0.29) is 11.1 Å². The summed E-state index contributed by atoms with van der Waals surface area (Å²) >= 11 is 0. The first kappa shape index (κ1) is 12.9. The van der Waals surface area contributed by atoms with Gasteiger partial charge in [-0.05, 0) is 23.7 Å². The molecular weight excluding hydrogens is 264 g/mol. The van der Waals surface area contributed by atoms with Crippen LogP contribution in [-0.4, -0.2) is 19.9 Å². The molecule has 0 fully saturated rings. The van der Waals surface area contributed by atoms with E-state index in [4.69, 9.17) is 0 Å². The summed E-state index contributed by atoms with van der Waals surface area (Å²) in [6.45, 7) is 0. The lowest BCUT2D eigenvalue weighted by Crippen LogP contribution is -2.23. The van der Waals surface area contributed by atoms with Gasteiger partial charge in [0.15, 0.2) is 0 Å². The highest BCUT2D eigenvalue weighted by atomic mass is 16.2. The van der Waals surface area contributed by atoms with E-state index < -0.39 is 22.5 Å². The first-order valence-electron chi connectivity index (χ1n) is 5.22. The first-order chi connectivity index (χ1) is 9.56. The van der Waals surface area contributed by atoms with Crippen LogP contribution >= 0.6 is 0 Å². The second kappa shape index (κ2) is 5.42. The van der Waals surface area contributed by atoms with Crippen LogP contribution in [0.15, 0.2) is 31.6 Å². The molecule has 4 N–H and O–H groups in total. The van der Waals surface area contributed by atoms with Gasteiger partial charge in [0.05, 0.1) is 0 Å². The van der Waals surface area contributed by atoms with Crippen LogP contribution in [0.25, 0.3) is 0 Å². The van der Waals surface area contributed by atoms with Gasteiger partial charge in [-0.3, -0.25) is 19.6 Å². The van der Waals surface area contributed by atoms with Crippen molar-refractivity contribution in [1.82, 2.24) is 19.9 Å². The van der Waals surface area contributed by atoms with Crippen LogP contribution in [0, 0.1) is 23.7 Å². The largest absolute Gasteiger partial charge is 0.325 e. The topological polar surface area (TPSA) is 131 Å². The summed E-state index contributed by atoms with van der Waals surface area (Å²) in [6.07, 6.45) is 2.31. The zero-order valence-electron chi connectivity index (χ0n) is 9.79. The number of hydrogen-bond donors (Lipinski definition) is 4. The van der Waals surface area contributed by atoms with E-state index in [1.807, 2.05) is 9.97 Å². The number of nitrogens with one attached hydrogen (secondary N) is 4. The molecule has 0 atom stereocenters. The van der Waals surface area contributed by atoms with Crippen molar-refractivity contribution < 1.29 is 0 Å². The van der Waals surface area contributed by atoms with E-state index in [0.29, 0.717) is 0 Å². The molecule has 8 heteroatoms. The normalized spacial score (nSPS) is 9.00. The molecule has 0 bridgehead atoms. The smallest absolute Gasteiger partial charge is 0.313 e. The molecule has 0 aromatic carbocycles. The molecule has 0 saturated heterocycles. The lowest BCUT2D eigenvalue weighted by Gasteiger charge is -1.85. The minimum absolute atomic E-state index is 0.0364. The van der Waals surface area contributed by atoms with Crippen LogP contribution in [-0.2, 0) is 0 Å². The highest BCUT2D eigenvalue weighted by Crippen LogP contribution is 1.80. The Hall–Kier alpha value is -3.52. The third-order valence-electron chi connectivity index (χ3n) is 2.10. The molecule has 0 saturated carbocycles. The maximum atomic E-state index is 11.3. The Bertz CT molecular complexity index is 915. The van der Waals surface area contributed by atoms with E-state index in [2.05, 4.69) is 33.6 Å². The number of hydrogen-bond acceptors (Lipinski definition) is 4. The van der Waals surface area contributed by atoms with Crippen LogP contribution < -0.4 is 22.5 Å². The summed E-state index contributed by atoms with van der Waals surface area (Å²) in [4.78, 5) is 52.6. The molecule has 2 heterocycles. The summed E-state index contributed by atoms with van der Waals surface area (Å²) in [5.74, 6) is 9.55. The van der Waals surface area contributed by atoms with Gasteiger partial charge in [0.2, 0.25) is 0 Å². The van der Waals surface area contributed by atoms with Crippen LogP contribution in [0.4, 0.5) is 0 Å². The molecule has 0 unspecified atom stereocenters. The van der Waals surface area contributed by atoms with Gasteiger partial charge < -0.3 is 9.97 Å². The quantitative estimate of drug-likeness (QED) is 0.406. The van der Waals surface area contributed by atoms with Gasteiger partial charge in [-0.2, -0.15) is 0 Å². The second-order valence-corrected chi connectivity index (χ2v) is 3.47. The number of rotatable bonds is 0. The lowest BCUT2D eigenvalue weighted by atomic mass is 10.3. The fraction of sp³-hybridized carbons (Fsp3) is 0. The zero-order chi connectivity index (χ0) is 14.5. The number of aromatic amines is 4. The van der Waals surface area contributed by atoms with Crippen LogP contribution in [0.5, 0.6) is 0 Å². The molecule has 0 amide bonds. The Morgan fingerprint density at radius 1 is 0.700 bits per heavy atom. The summed E-state index contributed by atoms with van der Waals surface area (Å²) in [5.41, 5.74) is -2.46. The van der Waals surface area contributed by atoms with Gasteiger partial charge >= 0.3 is 11.4 Å². The SMILES string of the molecule is O=c1[nH]cc(C#CC#Cc2c[nH]c(=O)[nH]c2=O)c(=O)[nH]1. The predicted octanol–water partition coefficient (Wildman–Crippen LogP) is -2.16. The summed E-state index contributed by atoms with van der Waals surface area (Å²) in [7, 11) is 0. The van der Waals surface area contributed by atoms with E-state index >= 15 is 0 Å². The van der Waals surface area contributed by atoms with E-state index in [1.165, 1.54) is 0 Å².